The zero-order valence-corrected chi connectivity index (χ0v) is 12.6. The molecule has 0 saturated heterocycles. The Morgan fingerprint density at radius 3 is 2.33 bits per heavy atom. The number of methoxy groups -OCH3 is 1. The first kappa shape index (κ1) is 15.4. The molecular weight excluding hydrogens is 268 g/mol. The number of ketones is 2. The number of hydrogen-bond acceptors (Lipinski definition) is 4. The second-order valence-electron chi connectivity index (χ2n) is 5.73. The van der Waals surface area contributed by atoms with Crippen LogP contribution >= 0.6 is 0 Å². The van der Waals surface area contributed by atoms with Gasteiger partial charge >= 0.3 is 5.97 Å². The molecule has 4 nitrogen and oxygen atoms in total. The number of hydrogen-bond donors (Lipinski definition) is 0. The molecule has 0 amide bonds. The van der Waals surface area contributed by atoms with Crippen LogP contribution < -0.4 is 0 Å². The van der Waals surface area contributed by atoms with Gasteiger partial charge in [-0.05, 0) is 18.4 Å². The Bertz CT molecular complexity index is 563. The third-order valence-corrected chi connectivity index (χ3v) is 4.60. The lowest BCUT2D eigenvalue weighted by Crippen LogP contribution is -2.52. The van der Waals surface area contributed by atoms with Crippen molar-refractivity contribution < 1.29 is 19.1 Å². The molecule has 0 bridgehead atoms. The van der Waals surface area contributed by atoms with E-state index in [1.54, 1.807) is 6.92 Å². The van der Waals surface area contributed by atoms with Crippen LogP contribution in [0.3, 0.4) is 0 Å². The molecule has 1 aromatic carbocycles. The molecule has 1 saturated carbocycles. The first-order chi connectivity index (χ1) is 9.94. The second-order valence-corrected chi connectivity index (χ2v) is 5.73. The van der Waals surface area contributed by atoms with Crippen molar-refractivity contribution in [3.8, 4) is 0 Å². The molecule has 2 rings (SSSR count). The molecule has 0 radical (unpaired) electrons. The first-order valence-electron chi connectivity index (χ1n) is 7.10. The van der Waals surface area contributed by atoms with E-state index in [9.17, 15) is 14.4 Å². The molecule has 0 heterocycles. The highest BCUT2D eigenvalue weighted by Gasteiger charge is 2.58. The van der Waals surface area contributed by atoms with E-state index in [-0.39, 0.29) is 30.3 Å². The van der Waals surface area contributed by atoms with Gasteiger partial charge in [-0.1, -0.05) is 37.3 Å². The predicted octanol–water partition coefficient (Wildman–Crippen LogP) is 2.52. The average Bonchev–Trinajstić information content (AvgIpc) is 2.46. The fourth-order valence-corrected chi connectivity index (χ4v) is 3.63. The van der Waals surface area contributed by atoms with Gasteiger partial charge in [-0.2, -0.15) is 0 Å². The largest absolute Gasteiger partial charge is 0.468 e. The molecule has 1 fully saturated rings. The molecule has 1 aliphatic rings. The van der Waals surface area contributed by atoms with Crippen molar-refractivity contribution in [2.75, 3.05) is 7.11 Å². The number of carbonyl (C=O) groups is 3. The minimum atomic E-state index is -1.27. The highest BCUT2D eigenvalue weighted by atomic mass is 16.5. The van der Waals surface area contributed by atoms with Crippen molar-refractivity contribution in [3.63, 3.8) is 0 Å². The van der Waals surface area contributed by atoms with Crippen molar-refractivity contribution >= 4 is 17.5 Å². The van der Waals surface area contributed by atoms with Gasteiger partial charge in [-0.15, -0.1) is 0 Å². The Hall–Kier alpha value is -1.97. The average molecular weight is 288 g/mol. The number of ether oxygens (including phenoxy) is 1. The molecule has 21 heavy (non-hydrogen) atoms. The van der Waals surface area contributed by atoms with E-state index in [2.05, 4.69) is 0 Å². The minimum absolute atomic E-state index is 0.0807. The summed E-state index contributed by atoms with van der Waals surface area (Å²) in [5.41, 5.74) is -0.442. The zero-order chi connectivity index (χ0) is 15.6. The number of benzene rings is 1. The molecular formula is C17H20O4. The lowest BCUT2D eigenvalue weighted by molar-refractivity contribution is -0.166. The summed E-state index contributed by atoms with van der Waals surface area (Å²) in [6, 6.07) is 9.28. The Morgan fingerprint density at radius 1 is 1.19 bits per heavy atom. The molecule has 0 unspecified atom stereocenters. The van der Waals surface area contributed by atoms with Crippen LogP contribution in [0, 0.1) is 11.3 Å². The van der Waals surface area contributed by atoms with Gasteiger partial charge in [-0.25, -0.2) is 0 Å². The van der Waals surface area contributed by atoms with Crippen LogP contribution in [0.15, 0.2) is 30.3 Å². The van der Waals surface area contributed by atoms with E-state index in [0.717, 1.165) is 5.56 Å². The SMILES string of the molecule is COC(=O)[C@]1(C(C)=O)[C@@H](c2ccccc2)CC(=O)C[C@@H]1C. The lowest BCUT2D eigenvalue weighted by Gasteiger charge is -2.44. The first-order valence-corrected chi connectivity index (χ1v) is 7.10. The van der Waals surface area contributed by atoms with Crippen LogP contribution in [0.2, 0.25) is 0 Å². The van der Waals surface area contributed by atoms with E-state index in [4.69, 9.17) is 4.74 Å². The van der Waals surface area contributed by atoms with E-state index in [0.29, 0.717) is 0 Å². The Kier molecular flexibility index (Phi) is 4.26. The minimum Gasteiger partial charge on any atom is -0.468 e. The Labute approximate surface area is 124 Å². The summed E-state index contributed by atoms with van der Waals surface area (Å²) in [5.74, 6) is -1.52. The van der Waals surface area contributed by atoms with Gasteiger partial charge in [0, 0.05) is 18.8 Å². The van der Waals surface area contributed by atoms with E-state index < -0.39 is 17.3 Å². The Balaban J connectivity index is 2.62. The van der Waals surface area contributed by atoms with Crippen LogP contribution in [0.25, 0.3) is 0 Å². The summed E-state index contributed by atoms with van der Waals surface area (Å²) in [6.45, 7) is 3.20. The summed E-state index contributed by atoms with van der Waals surface area (Å²) in [7, 11) is 1.29. The van der Waals surface area contributed by atoms with Gasteiger partial charge in [-0.3, -0.25) is 14.4 Å². The third kappa shape index (κ3) is 2.39. The second kappa shape index (κ2) is 5.80. The van der Waals surface area contributed by atoms with Crippen LogP contribution in [0.5, 0.6) is 0 Å². The van der Waals surface area contributed by atoms with Gasteiger partial charge in [0.2, 0.25) is 0 Å². The number of rotatable bonds is 3. The molecule has 1 aromatic rings. The van der Waals surface area contributed by atoms with E-state index >= 15 is 0 Å². The van der Waals surface area contributed by atoms with Crippen LogP contribution in [-0.2, 0) is 19.1 Å². The summed E-state index contributed by atoms with van der Waals surface area (Å²) >= 11 is 0. The zero-order valence-electron chi connectivity index (χ0n) is 12.6. The van der Waals surface area contributed by atoms with Crippen molar-refractivity contribution in [2.24, 2.45) is 11.3 Å². The summed E-state index contributed by atoms with van der Waals surface area (Å²) in [6.07, 6.45) is 0.432. The number of esters is 1. The van der Waals surface area contributed by atoms with Crippen LogP contribution in [0.4, 0.5) is 0 Å². The van der Waals surface area contributed by atoms with Gasteiger partial charge in [0.05, 0.1) is 7.11 Å². The topological polar surface area (TPSA) is 60.4 Å². The third-order valence-electron chi connectivity index (χ3n) is 4.60. The van der Waals surface area contributed by atoms with E-state index in [1.807, 2.05) is 30.3 Å². The monoisotopic (exact) mass is 288 g/mol. The van der Waals surface area contributed by atoms with Gasteiger partial charge in [0.15, 0.2) is 0 Å². The van der Waals surface area contributed by atoms with Gasteiger partial charge in [0.25, 0.3) is 0 Å². The maximum absolute atomic E-state index is 12.5. The van der Waals surface area contributed by atoms with Gasteiger partial charge in [0.1, 0.15) is 17.0 Å². The summed E-state index contributed by atoms with van der Waals surface area (Å²) in [5, 5.41) is 0. The molecule has 3 atom stereocenters. The molecule has 0 N–H and O–H groups in total. The maximum atomic E-state index is 12.5. The van der Waals surface area contributed by atoms with Crippen molar-refractivity contribution in [1.29, 1.82) is 0 Å². The summed E-state index contributed by atoms with van der Waals surface area (Å²) in [4.78, 5) is 36.9. The van der Waals surface area contributed by atoms with Crippen molar-refractivity contribution in [2.45, 2.75) is 32.6 Å². The fourth-order valence-electron chi connectivity index (χ4n) is 3.63. The highest BCUT2D eigenvalue weighted by Crippen LogP contribution is 2.51. The molecule has 112 valence electrons. The van der Waals surface area contributed by atoms with Crippen LogP contribution in [-0.4, -0.2) is 24.6 Å². The van der Waals surface area contributed by atoms with Crippen LogP contribution in [0.1, 0.15) is 38.2 Å². The predicted molar refractivity (Wildman–Crippen MR) is 77.7 cm³/mol. The fraction of sp³-hybridized carbons (Fsp3) is 0.471. The Morgan fingerprint density at radius 2 is 1.81 bits per heavy atom. The molecule has 4 heteroatoms. The van der Waals surface area contributed by atoms with Gasteiger partial charge < -0.3 is 4.74 Å². The molecule has 0 aromatic heterocycles. The smallest absolute Gasteiger partial charge is 0.320 e. The number of carbonyl (C=O) groups excluding carboxylic acids is 3. The van der Waals surface area contributed by atoms with E-state index in [1.165, 1.54) is 14.0 Å². The lowest BCUT2D eigenvalue weighted by atomic mass is 9.56. The molecule has 1 aliphatic carbocycles. The maximum Gasteiger partial charge on any atom is 0.320 e. The summed E-state index contributed by atoms with van der Waals surface area (Å²) < 4.78 is 4.94. The molecule has 0 spiro atoms. The van der Waals surface area contributed by atoms with Crippen molar-refractivity contribution in [3.05, 3.63) is 35.9 Å². The quantitative estimate of drug-likeness (QED) is 0.633. The normalized spacial score (nSPS) is 29.0. The van der Waals surface area contributed by atoms with Crippen molar-refractivity contribution in [1.82, 2.24) is 0 Å². The molecule has 0 aliphatic heterocycles. The highest BCUT2D eigenvalue weighted by molar-refractivity contribution is 6.06. The number of Topliss-reactive ketones (excluding diaryl/α,β-unsaturated/α-hetero) is 2. The standard InChI is InChI=1S/C17H20O4/c1-11-9-14(19)10-15(13-7-5-4-6-8-13)17(11,12(2)18)16(20)21-3/h4-8,11,15H,9-10H2,1-3H3/t11-,15+,17+/m0/s1.